The highest BCUT2D eigenvalue weighted by Gasteiger charge is 2.31. The molecule has 0 aromatic carbocycles. The van der Waals surface area contributed by atoms with Crippen LogP contribution in [0.5, 0.6) is 0 Å². The van der Waals surface area contributed by atoms with E-state index in [-0.39, 0.29) is 17.2 Å². The number of aryl methyl sites for hydroxylation is 1. The molecule has 1 fully saturated rings. The highest BCUT2D eigenvalue weighted by molar-refractivity contribution is 5.92. The number of unbranched alkanes of at least 4 members (excludes halogenated alkanes) is 1. The molecule has 21 heavy (non-hydrogen) atoms. The van der Waals surface area contributed by atoms with Gasteiger partial charge in [0.2, 0.25) is 0 Å². The zero-order chi connectivity index (χ0) is 15.5. The highest BCUT2D eigenvalue weighted by atomic mass is 16.3. The second kappa shape index (κ2) is 6.39. The maximum atomic E-state index is 12.5. The lowest BCUT2D eigenvalue weighted by molar-refractivity contribution is -0.0110. The van der Waals surface area contributed by atoms with Gasteiger partial charge in [-0.1, -0.05) is 13.3 Å². The van der Waals surface area contributed by atoms with Crippen molar-refractivity contribution in [3.8, 4) is 0 Å². The summed E-state index contributed by atoms with van der Waals surface area (Å²) in [6.45, 7) is 5.22. The average molecular weight is 293 g/mol. The van der Waals surface area contributed by atoms with Crippen LogP contribution in [0.3, 0.4) is 0 Å². The van der Waals surface area contributed by atoms with E-state index in [2.05, 4.69) is 5.10 Å². The molecule has 116 valence electrons. The summed E-state index contributed by atoms with van der Waals surface area (Å²) in [5, 5.41) is 14.3. The number of amides is 1. The van der Waals surface area contributed by atoms with E-state index in [9.17, 15) is 14.7 Å². The van der Waals surface area contributed by atoms with Crippen LogP contribution in [-0.2, 0) is 6.54 Å². The first kappa shape index (κ1) is 15.7. The van der Waals surface area contributed by atoms with E-state index in [1.165, 1.54) is 16.8 Å². The van der Waals surface area contributed by atoms with E-state index in [1.807, 2.05) is 6.92 Å². The van der Waals surface area contributed by atoms with Crippen LogP contribution < -0.4 is 5.56 Å². The minimum absolute atomic E-state index is 0.189. The lowest BCUT2D eigenvalue weighted by atomic mass is 9.95. The van der Waals surface area contributed by atoms with Gasteiger partial charge < -0.3 is 10.0 Å². The number of carbonyl (C=O) groups excluding carboxylic acids is 1. The van der Waals surface area contributed by atoms with Crippen molar-refractivity contribution in [1.82, 2.24) is 14.7 Å². The van der Waals surface area contributed by atoms with Crippen LogP contribution in [0.1, 0.15) is 50.0 Å². The maximum absolute atomic E-state index is 12.5. The van der Waals surface area contributed by atoms with Crippen LogP contribution in [0.2, 0.25) is 0 Å². The number of likely N-dealkylation sites (tertiary alicyclic amines) is 1. The molecule has 1 amide bonds. The van der Waals surface area contributed by atoms with Crippen LogP contribution in [-0.4, -0.2) is 44.4 Å². The van der Waals surface area contributed by atoms with Crippen molar-refractivity contribution in [1.29, 1.82) is 0 Å². The van der Waals surface area contributed by atoms with Crippen molar-refractivity contribution in [3.05, 3.63) is 28.2 Å². The fourth-order valence-electron chi connectivity index (χ4n) is 2.59. The zero-order valence-electron chi connectivity index (χ0n) is 12.7. The Hall–Kier alpha value is -1.69. The number of aliphatic hydroxyl groups is 1. The molecule has 1 aromatic heterocycles. The molecule has 1 atom stereocenters. The third-order valence-electron chi connectivity index (χ3n) is 3.77. The smallest absolute Gasteiger partial charge is 0.274 e. The van der Waals surface area contributed by atoms with Crippen LogP contribution in [0.4, 0.5) is 0 Å². The largest absolute Gasteiger partial charge is 0.388 e. The summed E-state index contributed by atoms with van der Waals surface area (Å²) in [5.41, 5.74) is -0.765. The molecule has 1 aromatic rings. The zero-order valence-corrected chi connectivity index (χ0v) is 12.7. The molecule has 1 unspecified atom stereocenters. The molecule has 6 heteroatoms. The van der Waals surface area contributed by atoms with Crippen LogP contribution in [0.15, 0.2) is 16.9 Å². The first-order chi connectivity index (χ1) is 9.93. The topological polar surface area (TPSA) is 75.4 Å². The summed E-state index contributed by atoms with van der Waals surface area (Å²) >= 11 is 0. The number of piperidine rings is 1. The number of hydrogen-bond acceptors (Lipinski definition) is 4. The van der Waals surface area contributed by atoms with Crippen molar-refractivity contribution in [3.63, 3.8) is 0 Å². The van der Waals surface area contributed by atoms with Gasteiger partial charge >= 0.3 is 0 Å². The van der Waals surface area contributed by atoms with Gasteiger partial charge in [-0.2, -0.15) is 5.10 Å². The third kappa shape index (κ3) is 3.91. The Balaban J connectivity index is 2.17. The van der Waals surface area contributed by atoms with E-state index in [0.717, 1.165) is 19.3 Å². The number of carbonyl (C=O) groups is 1. The second-order valence-electron chi connectivity index (χ2n) is 5.96. The van der Waals surface area contributed by atoms with Crippen LogP contribution >= 0.6 is 0 Å². The Kier molecular flexibility index (Phi) is 4.77. The van der Waals surface area contributed by atoms with Crippen LogP contribution in [0, 0.1) is 0 Å². The molecule has 2 heterocycles. The molecule has 6 nitrogen and oxygen atoms in total. The predicted octanol–water partition coefficient (Wildman–Crippen LogP) is 1.03. The molecule has 0 spiro atoms. The number of β-amino-alcohol motifs (C(OH)–C–C–N with tert-alkyl or cyclic N) is 1. The summed E-state index contributed by atoms with van der Waals surface area (Å²) < 4.78 is 1.35. The van der Waals surface area contributed by atoms with Gasteiger partial charge in [0.05, 0.1) is 5.60 Å². The van der Waals surface area contributed by atoms with Gasteiger partial charge in [-0.05, 0) is 32.3 Å². The van der Waals surface area contributed by atoms with Crippen molar-refractivity contribution >= 4 is 5.91 Å². The van der Waals surface area contributed by atoms with E-state index < -0.39 is 5.60 Å². The van der Waals surface area contributed by atoms with Crippen molar-refractivity contribution in [2.75, 3.05) is 13.1 Å². The van der Waals surface area contributed by atoms with Gasteiger partial charge in [0.1, 0.15) is 5.69 Å². The van der Waals surface area contributed by atoms with E-state index in [0.29, 0.717) is 26.1 Å². The maximum Gasteiger partial charge on any atom is 0.274 e. The Morgan fingerprint density at radius 3 is 2.90 bits per heavy atom. The summed E-state index contributed by atoms with van der Waals surface area (Å²) in [6, 6.07) is 2.86. The summed E-state index contributed by atoms with van der Waals surface area (Å²) in [5.74, 6) is -0.222. The lowest BCUT2D eigenvalue weighted by Gasteiger charge is -2.36. The molecule has 0 bridgehead atoms. The number of nitrogens with zero attached hydrogens (tertiary/aromatic N) is 3. The SMILES string of the molecule is CCCCn1nc(C(=O)N2CCCC(C)(O)C2)ccc1=O. The van der Waals surface area contributed by atoms with E-state index >= 15 is 0 Å². The molecule has 0 saturated carbocycles. The molecule has 1 aliphatic heterocycles. The normalized spacial score (nSPS) is 22.3. The van der Waals surface area contributed by atoms with Crippen molar-refractivity contribution in [2.45, 2.75) is 51.7 Å². The summed E-state index contributed by atoms with van der Waals surface area (Å²) in [6.07, 6.45) is 3.28. The summed E-state index contributed by atoms with van der Waals surface area (Å²) in [7, 11) is 0. The lowest BCUT2D eigenvalue weighted by Crippen LogP contribution is -2.49. The van der Waals surface area contributed by atoms with E-state index in [4.69, 9.17) is 0 Å². The number of hydrogen-bond donors (Lipinski definition) is 1. The molecule has 1 N–H and O–H groups in total. The van der Waals surface area contributed by atoms with Gasteiger partial charge in [0.25, 0.3) is 11.5 Å². The standard InChI is InChI=1S/C15H23N3O3/c1-3-4-10-18-13(19)7-6-12(16-18)14(20)17-9-5-8-15(2,21)11-17/h6-7,21H,3-5,8-11H2,1-2H3. The van der Waals surface area contributed by atoms with Crippen molar-refractivity contribution < 1.29 is 9.90 Å². The minimum atomic E-state index is -0.843. The van der Waals surface area contributed by atoms with Crippen molar-refractivity contribution in [2.24, 2.45) is 0 Å². The molecule has 1 saturated heterocycles. The first-order valence-corrected chi connectivity index (χ1v) is 7.53. The second-order valence-corrected chi connectivity index (χ2v) is 5.96. The molecule has 1 aliphatic rings. The molecule has 2 rings (SSSR count). The Morgan fingerprint density at radius 2 is 2.24 bits per heavy atom. The molecule has 0 aliphatic carbocycles. The fourth-order valence-corrected chi connectivity index (χ4v) is 2.59. The van der Waals surface area contributed by atoms with Gasteiger partial charge in [-0.3, -0.25) is 9.59 Å². The van der Waals surface area contributed by atoms with Gasteiger partial charge in [-0.15, -0.1) is 0 Å². The fraction of sp³-hybridized carbons (Fsp3) is 0.667. The molecule has 0 radical (unpaired) electrons. The van der Waals surface area contributed by atoms with Gasteiger partial charge in [-0.25, -0.2) is 4.68 Å². The van der Waals surface area contributed by atoms with Gasteiger partial charge in [0.15, 0.2) is 0 Å². The van der Waals surface area contributed by atoms with Gasteiger partial charge in [0, 0.05) is 25.7 Å². The molecular formula is C15H23N3O3. The number of aromatic nitrogens is 2. The predicted molar refractivity (Wildman–Crippen MR) is 79.2 cm³/mol. The Bertz CT molecular complexity index is 566. The Labute approximate surface area is 124 Å². The average Bonchev–Trinajstić information content (AvgIpc) is 2.44. The number of rotatable bonds is 4. The highest BCUT2D eigenvalue weighted by Crippen LogP contribution is 2.21. The monoisotopic (exact) mass is 293 g/mol. The quantitative estimate of drug-likeness (QED) is 0.899. The molecular weight excluding hydrogens is 270 g/mol. The first-order valence-electron chi connectivity index (χ1n) is 7.53. The Morgan fingerprint density at radius 1 is 1.48 bits per heavy atom. The van der Waals surface area contributed by atoms with Crippen LogP contribution in [0.25, 0.3) is 0 Å². The minimum Gasteiger partial charge on any atom is -0.388 e. The van der Waals surface area contributed by atoms with E-state index in [1.54, 1.807) is 11.8 Å². The third-order valence-corrected chi connectivity index (χ3v) is 3.77. The summed E-state index contributed by atoms with van der Waals surface area (Å²) in [4.78, 5) is 25.8.